The van der Waals surface area contributed by atoms with Crippen molar-refractivity contribution in [2.75, 3.05) is 20.3 Å². The number of fused-ring (bicyclic) bond motifs is 1. The van der Waals surface area contributed by atoms with E-state index < -0.39 is 5.97 Å². The van der Waals surface area contributed by atoms with Gasteiger partial charge in [-0.2, -0.15) is 0 Å². The van der Waals surface area contributed by atoms with Gasteiger partial charge in [0.1, 0.15) is 17.1 Å². The number of carbonyl (C=O) groups excluding carboxylic acids is 1. The van der Waals surface area contributed by atoms with Crippen LogP contribution in [0.15, 0.2) is 51.7 Å². The standard InChI is InChI=1S/C21H20O7/c1-4-25-16-7-5-6-8-17(16)28-21-13(2)27-18-11-14(26-12-19(22)24-3)9-10-15(18)20(21)23/h5-11H,4,12H2,1-3H3. The maximum Gasteiger partial charge on any atom is 0.343 e. The average molecular weight is 384 g/mol. The van der Waals surface area contributed by atoms with Crippen LogP contribution in [0.4, 0.5) is 0 Å². The van der Waals surface area contributed by atoms with Gasteiger partial charge in [-0.15, -0.1) is 0 Å². The molecule has 3 aromatic rings. The van der Waals surface area contributed by atoms with Crippen molar-refractivity contribution < 1.29 is 28.2 Å². The molecule has 0 aliphatic carbocycles. The van der Waals surface area contributed by atoms with Gasteiger partial charge >= 0.3 is 5.97 Å². The number of para-hydroxylation sites is 2. The molecule has 1 aromatic heterocycles. The highest BCUT2D eigenvalue weighted by atomic mass is 16.6. The molecule has 0 bridgehead atoms. The van der Waals surface area contributed by atoms with Crippen LogP contribution in [0.1, 0.15) is 12.7 Å². The van der Waals surface area contributed by atoms with Crippen LogP contribution in [-0.2, 0) is 9.53 Å². The van der Waals surface area contributed by atoms with Crippen molar-refractivity contribution in [3.63, 3.8) is 0 Å². The van der Waals surface area contributed by atoms with Gasteiger partial charge in [0.25, 0.3) is 0 Å². The summed E-state index contributed by atoms with van der Waals surface area (Å²) < 4.78 is 27.0. The molecule has 0 atom stereocenters. The molecule has 0 aliphatic heterocycles. The first-order valence-corrected chi connectivity index (χ1v) is 8.70. The molecule has 0 amide bonds. The summed E-state index contributed by atoms with van der Waals surface area (Å²) in [6, 6.07) is 11.8. The fraction of sp³-hybridized carbons (Fsp3) is 0.238. The van der Waals surface area contributed by atoms with Gasteiger partial charge in [0.2, 0.25) is 11.2 Å². The van der Waals surface area contributed by atoms with E-state index in [2.05, 4.69) is 4.74 Å². The van der Waals surface area contributed by atoms with Crippen LogP contribution in [0.3, 0.4) is 0 Å². The van der Waals surface area contributed by atoms with E-state index in [9.17, 15) is 9.59 Å². The zero-order valence-corrected chi connectivity index (χ0v) is 15.8. The smallest absolute Gasteiger partial charge is 0.343 e. The summed E-state index contributed by atoms with van der Waals surface area (Å²) in [6.07, 6.45) is 0. The van der Waals surface area contributed by atoms with Gasteiger partial charge in [0, 0.05) is 6.07 Å². The third-order valence-corrected chi connectivity index (χ3v) is 3.93. The van der Waals surface area contributed by atoms with E-state index in [1.165, 1.54) is 7.11 Å². The topological polar surface area (TPSA) is 84.2 Å². The summed E-state index contributed by atoms with van der Waals surface area (Å²) in [5.41, 5.74) is 0.0138. The molecular formula is C21H20O7. The Morgan fingerprint density at radius 3 is 2.54 bits per heavy atom. The fourth-order valence-electron chi connectivity index (χ4n) is 2.60. The summed E-state index contributed by atoms with van der Waals surface area (Å²) in [6.45, 7) is 3.74. The SMILES string of the molecule is CCOc1ccccc1Oc1c(C)oc2cc(OCC(=O)OC)ccc2c1=O. The van der Waals surface area contributed by atoms with Gasteiger partial charge in [0.05, 0.1) is 19.1 Å². The molecule has 1 heterocycles. The molecular weight excluding hydrogens is 364 g/mol. The zero-order valence-electron chi connectivity index (χ0n) is 15.8. The molecule has 146 valence electrons. The molecule has 7 heteroatoms. The lowest BCUT2D eigenvalue weighted by atomic mass is 10.2. The Hall–Kier alpha value is -3.48. The second-order valence-electron chi connectivity index (χ2n) is 5.82. The van der Waals surface area contributed by atoms with Gasteiger partial charge in [0.15, 0.2) is 18.1 Å². The fourth-order valence-corrected chi connectivity index (χ4v) is 2.60. The molecule has 0 radical (unpaired) electrons. The van der Waals surface area contributed by atoms with Crippen molar-refractivity contribution in [1.82, 2.24) is 0 Å². The maximum atomic E-state index is 12.9. The number of methoxy groups -OCH3 is 1. The van der Waals surface area contributed by atoms with Crippen LogP contribution in [0, 0.1) is 6.92 Å². The summed E-state index contributed by atoms with van der Waals surface area (Å²) in [5.74, 6) is 1.25. The summed E-state index contributed by atoms with van der Waals surface area (Å²) in [5, 5.41) is 0.333. The minimum absolute atomic E-state index is 0.0860. The first-order chi connectivity index (χ1) is 13.5. The molecule has 28 heavy (non-hydrogen) atoms. The Labute approximate surface area is 161 Å². The van der Waals surface area contributed by atoms with Crippen molar-refractivity contribution in [3.8, 4) is 23.0 Å². The van der Waals surface area contributed by atoms with Crippen LogP contribution < -0.4 is 19.6 Å². The third-order valence-electron chi connectivity index (χ3n) is 3.93. The molecule has 0 aliphatic rings. The lowest BCUT2D eigenvalue weighted by Crippen LogP contribution is -2.12. The average Bonchev–Trinajstić information content (AvgIpc) is 2.70. The summed E-state index contributed by atoms with van der Waals surface area (Å²) in [7, 11) is 1.28. The van der Waals surface area contributed by atoms with Crippen molar-refractivity contribution in [1.29, 1.82) is 0 Å². The minimum atomic E-state index is -0.505. The van der Waals surface area contributed by atoms with Gasteiger partial charge in [-0.05, 0) is 38.1 Å². The van der Waals surface area contributed by atoms with Crippen LogP contribution in [0.2, 0.25) is 0 Å². The minimum Gasteiger partial charge on any atom is -0.490 e. The van der Waals surface area contributed by atoms with Gasteiger partial charge in [-0.1, -0.05) is 12.1 Å². The Kier molecular flexibility index (Phi) is 5.84. The number of hydrogen-bond donors (Lipinski definition) is 0. The highest BCUT2D eigenvalue weighted by molar-refractivity contribution is 5.80. The van der Waals surface area contributed by atoms with Crippen LogP contribution in [0.5, 0.6) is 23.0 Å². The number of rotatable bonds is 7. The molecule has 0 fully saturated rings. The van der Waals surface area contributed by atoms with E-state index in [0.29, 0.717) is 40.6 Å². The van der Waals surface area contributed by atoms with Gasteiger partial charge < -0.3 is 23.4 Å². The Morgan fingerprint density at radius 2 is 1.82 bits per heavy atom. The molecule has 0 saturated carbocycles. The quantitative estimate of drug-likeness (QED) is 0.572. The molecule has 0 unspecified atom stereocenters. The van der Waals surface area contributed by atoms with Crippen LogP contribution in [0.25, 0.3) is 11.0 Å². The van der Waals surface area contributed by atoms with Crippen molar-refractivity contribution in [2.24, 2.45) is 0 Å². The molecule has 0 saturated heterocycles. The largest absolute Gasteiger partial charge is 0.490 e. The number of ether oxygens (including phenoxy) is 4. The predicted molar refractivity (Wildman–Crippen MR) is 102 cm³/mol. The lowest BCUT2D eigenvalue weighted by molar-refractivity contribution is -0.142. The number of esters is 1. The number of benzene rings is 2. The Bertz CT molecular complexity index is 1050. The zero-order chi connectivity index (χ0) is 20.1. The van der Waals surface area contributed by atoms with Gasteiger partial charge in [-0.25, -0.2) is 4.79 Å². The van der Waals surface area contributed by atoms with Crippen LogP contribution >= 0.6 is 0 Å². The van der Waals surface area contributed by atoms with Crippen molar-refractivity contribution >= 4 is 16.9 Å². The van der Waals surface area contributed by atoms with Crippen LogP contribution in [-0.4, -0.2) is 26.3 Å². The first-order valence-electron chi connectivity index (χ1n) is 8.70. The van der Waals surface area contributed by atoms with E-state index in [-0.39, 0.29) is 17.8 Å². The maximum absolute atomic E-state index is 12.9. The Balaban J connectivity index is 1.95. The molecule has 0 N–H and O–H groups in total. The number of hydrogen-bond acceptors (Lipinski definition) is 7. The van der Waals surface area contributed by atoms with E-state index in [1.54, 1.807) is 43.3 Å². The first kappa shape index (κ1) is 19.3. The number of aryl methyl sites for hydroxylation is 1. The molecule has 0 spiro atoms. The second kappa shape index (κ2) is 8.47. The molecule has 3 rings (SSSR count). The monoisotopic (exact) mass is 384 g/mol. The summed E-state index contributed by atoms with van der Waals surface area (Å²) >= 11 is 0. The summed E-state index contributed by atoms with van der Waals surface area (Å²) in [4.78, 5) is 24.1. The third kappa shape index (κ3) is 4.09. The highest BCUT2D eigenvalue weighted by Gasteiger charge is 2.16. The lowest BCUT2D eigenvalue weighted by Gasteiger charge is -2.13. The predicted octanol–water partition coefficient (Wildman–Crippen LogP) is 3.84. The van der Waals surface area contributed by atoms with Crippen molar-refractivity contribution in [3.05, 3.63) is 58.4 Å². The van der Waals surface area contributed by atoms with E-state index in [1.807, 2.05) is 13.0 Å². The highest BCUT2D eigenvalue weighted by Crippen LogP contribution is 2.32. The Morgan fingerprint density at radius 1 is 1.07 bits per heavy atom. The van der Waals surface area contributed by atoms with Crippen molar-refractivity contribution in [2.45, 2.75) is 13.8 Å². The normalized spacial score (nSPS) is 10.5. The van der Waals surface area contributed by atoms with E-state index in [4.69, 9.17) is 18.6 Å². The van der Waals surface area contributed by atoms with E-state index >= 15 is 0 Å². The van der Waals surface area contributed by atoms with Gasteiger partial charge in [-0.3, -0.25) is 4.79 Å². The van der Waals surface area contributed by atoms with E-state index in [0.717, 1.165) is 0 Å². The molecule has 7 nitrogen and oxygen atoms in total. The molecule has 2 aromatic carbocycles. The second-order valence-corrected chi connectivity index (χ2v) is 5.82. The number of carbonyl (C=O) groups is 1.